The molecule has 1 N–H and O–H groups in total. The van der Waals surface area contributed by atoms with Crippen LogP contribution in [-0.2, 0) is 4.74 Å². The van der Waals surface area contributed by atoms with Crippen LogP contribution in [0.25, 0.3) is 0 Å². The number of carbonyl (C=O) groups excluding carboxylic acids is 1. The molecule has 8 heteroatoms. The van der Waals surface area contributed by atoms with Crippen molar-refractivity contribution in [3.05, 3.63) is 16.1 Å². The number of carbonyl (C=O) groups is 1. The lowest BCUT2D eigenvalue weighted by atomic mass is 9.93. The summed E-state index contributed by atoms with van der Waals surface area (Å²) >= 11 is 1.46. The first kappa shape index (κ1) is 23.6. The Balaban J connectivity index is 0.00000264. The fourth-order valence-electron chi connectivity index (χ4n) is 2.82. The fourth-order valence-corrected chi connectivity index (χ4v) is 3.71. The van der Waals surface area contributed by atoms with Crippen molar-refractivity contribution in [1.29, 1.82) is 0 Å². The number of halogens is 2. The molecule has 1 amide bonds. The second-order valence-corrected chi connectivity index (χ2v) is 6.85. The summed E-state index contributed by atoms with van der Waals surface area (Å²) in [5.74, 6) is 0.867. The molecule has 2 rings (SSSR count). The Hall–Kier alpha value is -0.400. The molecule has 2 heterocycles. The van der Waals surface area contributed by atoms with E-state index < -0.39 is 0 Å². The maximum Gasteiger partial charge on any atom is 0.265 e. The maximum absolute atomic E-state index is 12.6. The molecule has 0 aromatic carbocycles. The Morgan fingerprint density at radius 1 is 1.46 bits per heavy atom. The van der Waals surface area contributed by atoms with E-state index in [-0.39, 0.29) is 36.8 Å². The summed E-state index contributed by atoms with van der Waals surface area (Å²) in [6.07, 6.45) is 5.08. The summed E-state index contributed by atoms with van der Waals surface area (Å²) < 4.78 is 5.54. The molecule has 1 aliphatic rings. The first-order valence-corrected chi connectivity index (χ1v) is 8.98. The standard InChI is InChI=1S/C16H27N3O2S.2ClH/c1-4-21-12(2)15-18-11-14(22-15)16(20)19-9-6-13(7-10-19)5-8-17-3;;/h11-13,17H,4-10H2,1-3H3;2*1H. The second kappa shape index (κ2) is 12.0. The first-order valence-electron chi connectivity index (χ1n) is 8.16. The molecule has 0 radical (unpaired) electrons. The summed E-state index contributed by atoms with van der Waals surface area (Å²) in [7, 11) is 1.99. The number of hydrogen-bond donors (Lipinski definition) is 1. The summed E-state index contributed by atoms with van der Waals surface area (Å²) in [5.41, 5.74) is 0. The Kier molecular flexibility index (Phi) is 11.8. The molecule has 1 unspecified atom stereocenters. The highest BCUT2D eigenvalue weighted by Gasteiger charge is 2.25. The van der Waals surface area contributed by atoms with Gasteiger partial charge >= 0.3 is 0 Å². The van der Waals surface area contributed by atoms with Gasteiger partial charge in [0.2, 0.25) is 0 Å². The van der Waals surface area contributed by atoms with Crippen LogP contribution in [-0.4, -0.2) is 49.1 Å². The van der Waals surface area contributed by atoms with E-state index in [4.69, 9.17) is 4.74 Å². The van der Waals surface area contributed by atoms with Crippen molar-refractivity contribution in [2.45, 2.75) is 39.2 Å². The van der Waals surface area contributed by atoms with Gasteiger partial charge in [-0.2, -0.15) is 0 Å². The number of rotatable bonds is 7. The quantitative estimate of drug-likeness (QED) is 0.763. The minimum Gasteiger partial charge on any atom is -0.372 e. The lowest BCUT2D eigenvalue weighted by molar-refractivity contribution is 0.0692. The molecule has 140 valence electrons. The van der Waals surface area contributed by atoms with Gasteiger partial charge in [-0.15, -0.1) is 36.2 Å². The van der Waals surface area contributed by atoms with E-state index in [0.717, 1.165) is 48.3 Å². The van der Waals surface area contributed by atoms with Crippen molar-refractivity contribution in [2.24, 2.45) is 5.92 Å². The van der Waals surface area contributed by atoms with Gasteiger partial charge in [-0.1, -0.05) is 0 Å². The van der Waals surface area contributed by atoms with Crippen molar-refractivity contribution in [3.8, 4) is 0 Å². The molecular formula is C16H29Cl2N3O2S. The van der Waals surface area contributed by atoms with E-state index in [1.165, 1.54) is 17.8 Å². The highest BCUT2D eigenvalue weighted by Crippen LogP contribution is 2.26. The lowest BCUT2D eigenvalue weighted by Gasteiger charge is -2.31. The minimum absolute atomic E-state index is 0. The number of thiazole rings is 1. The molecule has 24 heavy (non-hydrogen) atoms. The van der Waals surface area contributed by atoms with Gasteiger partial charge in [-0.3, -0.25) is 4.79 Å². The van der Waals surface area contributed by atoms with Gasteiger partial charge in [0.15, 0.2) is 0 Å². The molecule has 1 aliphatic heterocycles. The SMILES string of the molecule is CCOC(C)c1ncc(C(=O)N2CCC(CCNC)CC2)s1.Cl.Cl. The zero-order chi connectivity index (χ0) is 15.9. The van der Waals surface area contributed by atoms with E-state index in [2.05, 4.69) is 10.3 Å². The van der Waals surface area contributed by atoms with E-state index in [9.17, 15) is 4.79 Å². The smallest absolute Gasteiger partial charge is 0.265 e. The van der Waals surface area contributed by atoms with Crippen molar-refractivity contribution in [3.63, 3.8) is 0 Å². The zero-order valence-corrected chi connectivity index (χ0v) is 17.1. The maximum atomic E-state index is 12.6. The number of likely N-dealkylation sites (tertiary alicyclic amines) is 1. The Morgan fingerprint density at radius 2 is 2.12 bits per heavy atom. The molecule has 5 nitrogen and oxygen atoms in total. The highest BCUT2D eigenvalue weighted by molar-refractivity contribution is 7.13. The van der Waals surface area contributed by atoms with Crippen molar-refractivity contribution >= 4 is 42.1 Å². The van der Waals surface area contributed by atoms with E-state index in [1.807, 2.05) is 25.8 Å². The average Bonchev–Trinajstić information content (AvgIpc) is 3.03. The van der Waals surface area contributed by atoms with Crippen LogP contribution in [0.5, 0.6) is 0 Å². The van der Waals surface area contributed by atoms with E-state index >= 15 is 0 Å². The summed E-state index contributed by atoms with van der Waals surface area (Å²) in [6, 6.07) is 0. The number of ether oxygens (including phenoxy) is 1. The molecule has 0 bridgehead atoms. The Labute approximate surface area is 161 Å². The van der Waals surface area contributed by atoms with E-state index in [0.29, 0.717) is 6.61 Å². The van der Waals surface area contributed by atoms with Gasteiger partial charge in [0.25, 0.3) is 5.91 Å². The monoisotopic (exact) mass is 397 g/mol. The van der Waals surface area contributed by atoms with Crippen LogP contribution < -0.4 is 5.32 Å². The first-order chi connectivity index (χ1) is 10.7. The average molecular weight is 398 g/mol. The molecule has 1 saturated heterocycles. The third kappa shape index (κ3) is 6.48. The summed E-state index contributed by atoms with van der Waals surface area (Å²) in [6.45, 7) is 7.39. The predicted molar refractivity (Wildman–Crippen MR) is 104 cm³/mol. The molecular weight excluding hydrogens is 369 g/mol. The molecule has 0 saturated carbocycles. The van der Waals surface area contributed by atoms with Crippen LogP contribution in [0.1, 0.15) is 53.9 Å². The van der Waals surface area contributed by atoms with Crippen LogP contribution in [0.15, 0.2) is 6.20 Å². The number of aromatic nitrogens is 1. The normalized spacial score (nSPS) is 16.2. The zero-order valence-electron chi connectivity index (χ0n) is 14.6. The molecule has 0 spiro atoms. The molecule has 1 aromatic rings. The van der Waals surface area contributed by atoms with Gasteiger partial charge in [0.05, 0.1) is 6.20 Å². The molecule has 1 atom stereocenters. The summed E-state index contributed by atoms with van der Waals surface area (Å²) in [4.78, 5) is 19.6. The number of amides is 1. The van der Waals surface area contributed by atoms with Gasteiger partial charge in [0, 0.05) is 19.7 Å². The van der Waals surface area contributed by atoms with Gasteiger partial charge in [0.1, 0.15) is 16.0 Å². The fraction of sp³-hybridized carbons (Fsp3) is 0.750. The predicted octanol–water partition coefficient (Wildman–Crippen LogP) is 3.55. The van der Waals surface area contributed by atoms with E-state index in [1.54, 1.807) is 6.20 Å². The van der Waals surface area contributed by atoms with Gasteiger partial charge in [-0.05, 0) is 52.6 Å². The van der Waals surface area contributed by atoms with Crippen LogP contribution in [0.4, 0.5) is 0 Å². The number of piperidine rings is 1. The number of nitrogens with one attached hydrogen (secondary N) is 1. The van der Waals surface area contributed by atoms with Gasteiger partial charge < -0.3 is 15.0 Å². The topological polar surface area (TPSA) is 54.5 Å². The number of nitrogens with zero attached hydrogens (tertiary/aromatic N) is 2. The van der Waals surface area contributed by atoms with Crippen LogP contribution in [0.2, 0.25) is 0 Å². The Bertz CT molecular complexity index is 480. The van der Waals surface area contributed by atoms with Crippen molar-refractivity contribution in [2.75, 3.05) is 33.3 Å². The van der Waals surface area contributed by atoms with Crippen molar-refractivity contribution < 1.29 is 9.53 Å². The van der Waals surface area contributed by atoms with Crippen LogP contribution >= 0.6 is 36.2 Å². The second-order valence-electron chi connectivity index (χ2n) is 5.79. The van der Waals surface area contributed by atoms with Crippen molar-refractivity contribution in [1.82, 2.24) is 15.2 Å². The Morgan fingerprint density at radius 3 is 2.71 bits per heavy atom. The molecule has 1 fully saturated rings. The third-order valence-corrected chi connectivity index (χ3v) is 5.35. The molecule has 1 aromatic heterocycles. The van der Waals surface area contributed by atoms with Crippen LogP contribution in [0.3, 0.4) is 0 Å². The number of hydrogen-bond acceptors (Lipinski definition) is 5. The molecule has 0 aliphatic carbocycles. The largest absolute Gasteiger partial charge is 0.372 e. The van der Waals surface area contributed by atoms with Gasteiger partial charge in [-0.25, -0.2) is 4.98 Å². The highest BCUT2D eigenvalue weighted by atomic mass is 35.5. The minimum atomic E-state index is -0.0381. The third-order valence-electron chi connectivity index (χ3n) is 4.20. The lowest BCUT2D eigenvalue weighted by Crippen LogP contribution is -2.38. The van der Waals surface area contributed by atoms with Crippen LogP contribution in [0, 0.1) is 5.92 Å². The summed E-state index contributed by atoms with van der Waals surface area (Å²) in [5, 5.41) is 4.08.